The molecule has 5 rings (SSSR count). The van der Waals surface area contributed by atoms with Gasteiger partial charge in [-0.1, -0.05) is 26.0 Å². The lowest BCUT2D eigenvalue weighted by Crippen LogP contribution is -2.47. The molecule has 1 spiro atoms. The van der Waals surface area contributed by atoms with Crippen LogP contribution in [-0.2, 0) is 26.7 Å². The maximum atomic E-state index is 13.1. The first-order chi connectivity index (χ1) is 19.2. The van der Waals surface area contributed by atoms with Gasteiger partial charge in [-0.15, -0.1) is 11.3 Å². The Balaban J connectivity index is 1.26. The minimum atomic E-state index is -3.31. The number of thiophene rings is 1. The average molecular weight is 579 g/mol. The third-order valence-electron chi connectivity index (χ3n) is 8.18. The molecule has 10 heteroatoms. The number of amides is 1. The van der Waals surface area contributed by atoms with E-state index in [1.165, 1.54) is 34.7 Å². The lowest BCUT2D eigenvalue weighted by Gasteiger charge is -2.46. The summed E-state index contributed by atoms with van der Waals surface area (Å²) < 4.78 is 30.6. The molecule has 2 aliphatic heterocycles. The van der Waals surface area contributed by atoms with Gasteiger partial charge < -0.3 is 10.1 Å². The number of aromatic nitrogens is 1. The molecule has 2 aromatic heterocycles. The number of carbonyl (C=O) groups is 1. The van der Waals surface area contributed by atoms with Crippen LogP contribution in [0.1, 0.15) is 82.5 Å². The number of fused-ring (bicyclic) bond motifs is 2. The standard InChI is InChI=1S/C30H34N4O4S2/c1-4-40(36,37)25-10-9-24(32-18-25)17-33-29(35)27-15-26-20(2)19-38-30(28(26)39-27)11-13-34(14-12-30)21(3)23-7-5-22(16-31)6-8-23/h5-10,15,18,20-21H,4,11-14,17,19H2,1-3H3,(H,33,35). The van der Waals surface area contributed by atoms with Crippen molar-refractivity contribution in [1.82, 2.24) is 15.2 Å². The average Bonchev–Trinajstić information content (AvgIpc) is 3.46. The fourth-order valence-corrected chi connectivity index (χ4v) is 7.71. The van der Waals surface area contributed by atoms with Gasteiger partial charge in [-0.05, 0) is 61.2 Å². The Kier molecular flexibility index (Phi) is 8.11. The Labute approximate surface area is 239 Å². The maximum Gasteiger partial charge on any atom is 0.261 e. The van der Waals surface area contributed by atoms with Crippen molar-refractivity contribution in [3.63, 3.8) is 0 Å². The van der Waals surface area contributed by atoms with Gasteiger partial charge in [0.1, 0.15) is 5.60 Å². The molecule has 2 aliphatic rings. The van der Waals surface area contributed by atoms with Crippen LogP contribution in [-0.4, -0.2) is 49.7 Å². The lowest BCUT2D eigenvalue weighted by atomic mass is 9.82. The van der Waals surface area contributed by atoms with E-state index in [1.54, 1.807) is 13.0 Å². The molecule has 0 aliphatic carbocycles. The van der Waals surface area contributed by atoms with Crippen LogP contribution in [0, 0.1) is 11.3 Å². The Hall–Kier alpha value is -3.10. The zero-order valence-corrected chi connectivity index (χ0v) is 24.6. The van der Waals surface area contributed by atoms with Crippen molar-refractivity contribution in [2.75, 3.05) is 25.4 Å². The molecular formula is C30H34N4O4S2. The number of pyridine rings is 1. The molecule has 8 nitrogen and oxygen atoms in total. The molecule has 0 bridgehead atoms. The quantitative estimate of drug-likeness (QED) is 0.423. The summed E-state index contributed by atoms with van der Waals surface area (Å²) in [6.45, 7) is 8.54. The van der Waals surface area contributed by atoms with Crippen molar-refractivity contribution in [2.45, 2.75) is 62.6 Å². The van der Waals surface area contributed by atoms with Gasteiger partial charge in [0.2, 0.25) is 0 Å². The second-order valence-corrected chi connectivity index (χ2v) is 13.9. The van der Waals surface area contributed by atoms with Gasteiger partial charge >= 0.3 is 0 Å². The highest BCUT2D eigenvalue weighted by Gasteiger charge is 2.45. The Morgan fingerprint density at radius 1 is 1.25 bits per heavy atom. The smallest absolute Gasteiger partial charge is 0.261 e. The maximum absolute atomic E-state index is 13.1. The highest BCUT2D eigenvalue weighted by Crippen LogP contribution is 2.49. The number of nitriles is 1. The zero-order valence-electron chi connectivity index (χ0n) is 23.0. The topological polar surface area (TPSA) is 112 Å². The molecule has 4 heterocycles. The molecule has 3 aromatic rings. The number of piperidine rings is 1. The summed E-state index contributed by atoms with van der Waals surface area (Å²) in [6.07, 6.45) is 3.05. The van der Waals surface area contributed by atoms with Gasteiger partial charge in [-0.2, -0.15) is 5.26 Å². The molecule has 0 saturated carbocycles. The fraction of sp³-hybridized carbons (Fsp3) is 0.433. The van der Waals surface area contributed by atoms with Crippen LogP contribution < -0.4 is 5.32 Å². The van der Waals surface area contributed by atoms with Gasteiger partial charge in [0.25, 0.3) is 5.91 Å². The third-order valence-corrected chi connectivity index (χ3v) is 11.2. The molecule has 1 amide bonds. The number of sulfone groups is 1. The van der Waals surface area contributed by atoms with Crippen LogP contribution in [0.25, 0.3) is 0 Å². The van der Waals surface area contributed by atoms with Crippen LogP contribution >= 0.6 is 11.3 Å². The highest BCUT2D eigenvalue weighted by atomic mass is 32.2. The monoisotopic (exact) mass is 578 g/mol. The first-order valence-corrected chi connectivity index (χ1v) is 16.1. The number of carbonyl (C=O) groups excluding carboxylic acids is 1. The van der Waals surface area contributed by atoms with E-state index in [2.05, 4.69) is 35.1 Å². The van der Waals surface area contributed by atoms with Gasteiger partial charge in [0.15, 0.2) is 9.84 Å². The predicted molar refractivity (Wildman–Crippen MR) is 154 cm³/mol. The fourth-order valence-electron chi connectivity index (χ4n) is 5.49. The Morgan fingerprint density at radius 2 is 1.98 bits per heavy atom. The van der Waals surface area contributed by atoms with Crippen LogP contribution in [0.4, 0.5) is 0 Å². The molecule has 2 atom stereocenters. The number of nitrogens with zero attached hydrogens (tertiary/aromatic N) is 3. The molecule has 1 saturated heterocycles. The van der Waals surface area contributed by atoms with Crippen LogP contribution in [0.5, 0.6) is 0 Å². The van der Waals surface area contributed by atoms with Gasteiger partial charge in [-0.3, -0.25) is 14.7 Å². The van der Waals surface area contributed by atoms with E-state index in [0.717, 1.165) is 30.8 Å². The number of rotatable bonds is 7. The van der Waals surface area contributed by atoms with E-state index < -0.39 is 9.84 Å². The van der Waals surface area contributed by atoms with Gasteiger partial charge in [0.05, 0.1) is 46.0 Å². The zero-order chi connectivity index (χ0) is 28.5. The molecule has 1 fully saturated rings. The van der Waals surface area contributed by atoms with Crippen LogP contribution in [0.15, 0.2) is 53.6 Å². The normalized spacial score (nSPS) is 19.5. The van der Waals surface area contributed by atoms with E-state index in [1.807, 2.05) is 30.3 Å². The first kappa shape index (κ1) is 28.4. The number of hydrogen-bond donors (Lipinski definition) is 1. The minimum Gasteiger partial charge on any atom is -0.369 e. The van der Waals surface area contributed by atoms with Crippen molar-refractivity contribution >= 4 is 27.1 Å². The van der Waals surface area contributed by atoms with Crippen molar-refractivity contribution in [3.05, 3.63) is 80.8 Å². The summed E-state index contributed by atoms with van der Waals surface area (Å²) in [5.74, 6) is 0.0652. The van der Waals surface area contributed by atoms with Gasteiger partial charge in [-0.25, -0.2) is 8.42 Å². The van der Waals surface area contributed by atoms with Crippen LogP contribution in [0.3, 0.4) is 0 Å². The number of ether oxygens (including phenoxy) is 1. The number of benzene rings is 1. The van der Waals surface area contributed by atoms with E-state index in [0.29, 0.717) is 22.7 Å². The number of hydrogen-bond acceptors (Lipinski definition) is 8. The largest absolute Gasteiger partial charge is 0.369 e. The summed E-state index contributed by atoms with van der Waals surface area (Å²) in [6, 6.07) is 15.4. The molecular weight excluding hydrogens is 544 g/mol. The molecule has 40 heavy (non-hydrogen) atoms. The van der Waals surface area contributed by atoms with Crippen molar-refractivity contribution < 1.29 is 17.9 Å². The summed E-state index contributed by atoms with van der Waals surface area (Å²) in [5, 5.41) is 12.0. The summed E-state index contributed by atoms with van der Waals surface area (Å²) in [5.41, 5.74) is 3.28. The van der Waals surface area contributed by atoms with Crippen LogP contribution in [0.2, 0.25) is 0 Å². The molecule has 1 aromatic carbocycles. The third kappa shape index (κ3) is 5.56. The summed E-state index contributed by atoms with van der Waals surface area (Å²) in [4.78, 5) is 21.8. The molecule has 2 unspecified atom stereocenters. The predicted octanol–water partition coefficient (Wildman–Crippen LogP) is 4.92. The van der Waals surface area contributed by atoms with Gasteiger partial charge in [0, 0.05) is 36.1 Å². The van der Waals surface area contributed by atoms with E-state index in [-0.39, 0.29) is 40.7 Å². The van der Waals surface area contributed by atoms with Crippen molar-refractivity contribution in [3.8, 4) is 6.07 Å². The second kappa shape index (κ2) is 11.4. The van der Waals surface area contributed by atoms with E-state index in [4.69, 9.17) is 10.00 Å². The van der Waals surface area contributed by atoms with E-state index in [9.17, 15) is 13.2 Å². The van der Waals surface area contributed by atoms with Crippen molar-refractivity contribution in [2.24, 2.45) is 0 Å². The Bertz CT molecular complexity index is 1520. The number of likely N-dealkylation sites (tertiary alicyclic amines) is 1. The molecule has 1 N–H and O–H groups in total. The summed E-state index contributed by atoms with van der Waals surface area (Å²) in [7, 11) is -3.31. The summed E-state index contributed by atoms with van der Waals surface area (Å²) >= 11 is 1.52. The molecule has 210 valence electrons. The number of nitrogens with one attached hydrogen (secondary N) is 1. The van der Waals surface area contributed by atoms with Crippen molar-refractivity contribution in [1.29, 1.82) is 5.26 Å². The lowest BCUT2D eigenvalue weighted by molar-refractivity contribution is -0.105. The van der Waals surface area contributed by atoms with E-state index >= 15 is 0 Å². The highest BCUT2D eigenvalue weighted by molar-refractivity contribution is 7.91. The first-order valence-electron chi connectivity index (χ1n) is 13.6. The second-order valence-electron chi connectivity index (χ2n) is 10.6. The Morgan fingerprint density at radius 3 is 2.60 bits per heavy atom. The SMILES string of the molecule is CCS(=O)(=O)c1ccc(CNC(=O)c2cc3c(s2)C2(CCN(C(C)c4ccc(C#N)cc4)CC2)OCC3C)nc1. The minimum absolute atomic E-state index is 0.0195. The molecule has 0 radical (unpaired) electrons.